The van der Waals surface area contributed by atoms with Crippen molar-refractivity contribution in [1.29, 1.82) is 0 Å². The molecular formula is C13H19N3O2. The van der Waals surface area contributed by atoms with Gasteiger partial charge in [-0.25, -0.2) is 0 Å². The minimum absolute atomic E-state index is 0.0955. The number of nitrogens with one attached hydrogen (secondary N) is 2. The van der Waals surface area contributed by atoms with Crippen LogP contribution in [0.2, 0.25) is 0 Å². The molecule has 1 unspecified atom stereocenters. The lowest BCUT2D eigenvalue weighted by atomic mass is 10.1. The third kappa shape index (κ3) is 3.00. The molecule has 98 valence electrons. The standard InChI is InChI=1S/C13H19N3O2/c1-9-4-5-11(12(7-9)16-14)13(17)15-10-3-2-6-18-8-10/h4-5,7,10,16H,2-3,6,8,14H2,1H3,(H,15,17). The Balaban J connectivity index is 2.08. The minimum Gasteiger partial charge on any atom is -0.379 e. The van der Waals surface area contributed by atoms with Crippen molar-refractivity contribution in [2.45, 2.75) is 25.8 Å². The summed E-state index contributed by atoms with van der Waals surface area (Å²) in [6.45, 7) is 3.33. The smallest absolute Gasteiger partial charge is 0.253 e. The van der Waals surface area contributed by atoms with E-state index in [9.17, 15) is 4.79 Å². The van der Waals surface area contributed by atoms with Crippen molar-refractivity contribution in [2.24, 2.45) is 5.84 Å². The average molecular weight is 249 g/mol. The number of carbonyl (C=O) groups is 1. The second-order valence-electron chi connectivity index (χ2n) is 4.58. The molecule has 0 radical (unpaired) electrons. The van der Waals surface area contributed by atoms with Crippen LogP contribution in [0.5, 0.6) is 0 Å². The van der Waals surface area contributed by atoms with E-state index in [0.29, 0.717) is 17.9 Å². The lowest BCUT2D eigenvalue weighted by Gasteiger charge is -2.23. The minimum atomic E-state index is -0.113. The zero-order chi connectivity index (χ0) is 13.0. The Morgan fingerprint density at radius 2 is 2.33 bits per heavy atom. The molecule has 0 spiro atoms. The topological polar surface area (TPSA) is 76.4 Å². The summed E-state index contributed by atoms with van der Waals surface area (Å²) in [5.41, 5.74) is 4.82. The molecule has 1 aliphatic heterocycles. The van der Waals surface area contributed by atoms with Gasteiger partial charge < -0.3 is 15.5 Å². The van der Waals surface area contributed by atoms with Crippen molar-refractivity contribution in [2.75, 3.05) is 18.6 Å². The van der Waals surface area contributed by atoms with Crippen LogP contribution >= 0.6 is 0 Å². The predicted octanol–water partition coefficient (Wildman–Crippen LogP) is 1.19. The van der Waals surface area contributed by atoms with E-state index in [1.165, 1.54) is 0 Å². The van der Waals surface area contributed by atoms with Gasteiger partial charge in [-0.1, -0.05) is 6.07 Å². The lowest BCUT2D eigenvalue weighted by Crippen LogP contribution is -2.40. The van der Waals surface area contributed by atoms with Crippen molar-refractivity contribution in [3.8, 4) is 0 Å². The molecule has 5 heteroatoms. The summed E-state index contributed by atoms with van der Waals surface area (Å²) < 4.78 is 5.34. The molecule has 1 amide bonds. The number of aryl methyl sites for hydroxylation is 1. The molecule has 18 heavy (non-hydrogen) atoms. The highest BCUT2D eigenvalue weighted by Gasteiger charge is 2.18. The van der Waals surface area contributed by atoms with Gasteiger partial charge in [-0.3, -0.25) is 10.6 Å². The van der Waals surface area contributed by atoms with E-state index < -0.39 is 0 Å². The highest BCUT2D eigenvalue weighted by molar-refractivity contribution is 5.99. The first-order valence-corrected chi connectivity index (χ1v) is 6.16. The van der Waals surface area contributed by atoms with Crippen LogP contribution in [-0.2, 0) is 4.74 Å². The van der Waals surface area contributed by atoms with E-state index in [1.807, 2.05) is 19.1 Å². The first-order chi connectivity index (χ1) is 8.70. The number of ether oxygens (including phenoxy) is 1. The first-order valence-electron chi connectivity index (χ1n) is 6.16. The molecule has 0 bridgehead atoms. The third-order valence-electron chi connectivity index (χ3n) is 3.07. The normalized spacial score (nSPS) is 19.3. The number of carbonyl (C=O) groups excluding carboxylic acids is 1. The molecule has 1 heterocycles. The van der Waals surface area contributed by atoms with Gasteiger partial charge in [0.05, 0.1) is 23.9 Å². The molecule has 1 atom stereocenters. The number of benzene rings is 1. The van der Waals surface area contributed by atoms with E-state index in [-0.39, 0.29) is 11.9 Å². The summed E-state index contributed by atoms with van der Waals surface area (Å²) in [5.74, 6) is 5.32. The summed E-state index contributed by atoms with van der Waals surface area (Å²) in [6.07, 6.45) is 1.95. The maximum absolute atomic E-state index is 12.1. The monoisotopic (exact) mass is 249 g/mol. The SMILES string of the molecule is Cc1ccc(C(=O)NC2CCCOC2)c(NN)c1. The maximum atomic E-state index is 12.1. The van der Waals surface area contributed by atoms with Crippen LogP contribution in [0.3, 0.4) is 0 Å². The largest absolute Gasteiger partial charge is 0.379 e. The molecule has 1 saturated heterocycles. The van der Waals surface area contributed by atoms with E-state index >= 15 is 0 Å². The molecule has 2 rings (SSSR count). The number of rotatable bonds is 3. The number of amides is 1. The van der Waals surface area contributed by atoms with E-state index in [2.05, 4.69) is 10.7 Å². The Kier molecular flexibility index (Phi) is 4.17. The molecule has 0 aliphatic carbocycles. The summed E-state index contributed by atoms with van der Waals surface area (Å²) in [7, 11) is 0. The van der Waals surface area contributed by atoms with Gasteiger partial charge >= 0.3 is 0 Å². The third-order valence-corrected chi connectivity index (χ3v) is 3.07. The van der Waals surface area contributed by atoms with Crippen molar-refractivity contribution in [3.63, 3.8) is 0 Å². The van der Waals surface area contributed by atoms with Crippen LogP contribution in [0, 0.1) is 6.92 Å². The van der Waals surface area contributed by atoms with Crippen LogP contribution < -0.4 is 16.6 Å². The number of hydrazine groups is 1. The van der Waals surface area contributed by atoms with Crippen LogP contribution in [0.4, 0.5) is 5.69 Å². The van der Waals surface area contributed by atoms with Gasteiger partial charge in [-0.05, 0) is 37.5 Å². The van der Waals surface area contributed by atoms with E-state index in [1.54, 1.807) is 6.07 Å². The number of hydrogen-bond donors (Lipinski definition) is 3. The summed E-state index contributed by atoms with van der Waals surface area (Å²) >= 11 is 0. The Bertz CT molecular complexity index is 428. The second kappa shape index (κ2) is 5.84. The van der Waals surface area contributed by atoms with E-state index in [4.69, 9.17) is 10.6 Å². The Morgan fingerprint density at radius 1 is 1.50 bits per heavy atom. The first kappa shape index (κ1) is 12.9. The molecular weight excluding hydrogens is 230 g/mol. The molecule has 1 fully saturated rings. The van der Waals surface area contributed by atoms with Gasteiger partial charge in [0.15, 0.2) is 0 Å². The summed E-state index contributed by atoms with van der Waals surface area (Å²) in [4.78, 5) is 12.1. The van der Waals surface area contributed by atoms with Gasteiger partial charge in [-0.2, -0.15) is 0 Å². The average Bonchev–Trinajstić information content (AvgIpc) is 2.39. The van der Waals surface area contributed by atoms with Gasteiger partial charge in [0.1, 0.15) is 0 Å². The zero-order valence-corrected chi connectivity index (χ0v) is 10.5. The Hall–Kier alpha value is -1.59. The van der Waals surface area contributed by atoms with E-state index in [0.717, 1.165) is 25.0 Å². The second-order valence-corrected chi connectivity index (χ2v) is 4.58. The molecule has 5 nitrogen and oxygen atoms in total. The molecule has 0 saturated carbocycles. The number of nitrogen functional groups attached to an aromatic ring is 1. The van der Waals surface area contributed by atoms with Crippen LogP contribution in [-0.4, -0.2) is 25.2 Å². The zero-order valence-electron chi connectivity index (χ0n) is 10.5. The van der Waals surface area contributed by atoms with Crippen molar-refractivity contribution < 1.29 is 9.53 Å². The number of anilines is 1. The van der Waals surface area contributed by atoms with Crippen LogP contribution in [0.25, 0.3) is 0 Å². The van der Waals surface area contributed by atoms with Gasteiger partial charge in [0.25, 0.3) is 5.91 Å². The Morgan fingerprint density at radius 3 is 3.00 bits per heavy atom. The van der Waals surface area contributed by atoms with Gasteiger partial charge in [0, 0.05) is 6.61 Å². The number of nitrogens with two attached hydrogens (primary N) is 1. The molecule has 1 aliphatic rings. The van der Waals surface area contributed by atoms with Crippen molar-refractivity contribution in [3.05, 3.63) is 29.3 Å². The fourth-order valence-corrected chi connectivity index (χ4v) is 2.09. The maximum Gasteiger partial charge on any atom is 0.253 e. The number of hydrogen-bond acceptors (Lipinski definition) is 4. The summed E-state index contributed by atoms with van der Waals surface area (Å²) in [5, 5.41) is 2.97. The van der Waals surface area contributed by atoms with Gasteiger partial charge in [-0.15, -0.1) is 0 Å². The lowest BCUT2D eigenvalue weighted by molar-refractivity contribution is 0.0624. The molecule has 0 aromatic heterocycles. The fourth-order valence-electron chi connectivity index (χ4n) is 2.09. The molecule has 1 aromatic carbocycles. The van der Waals surface area contributed by atoms with Crippen molar-refractivity contribution >= 4 is 11.6 Å². The quantitative estimate of drug-likeness (QED) is 0.555. The fraction of sp³-hybridized carbons (Fsp3) is 0.462. The van der Waals surface area contributed by atoms with Crippen LogP contribution in [0.15, 0.2) is 18.2 Å². The van der Waals surface area contributed by atoms with Gasteiger partial charge in [0.2, 0.25) is 0 Å². The molecule has 1 aromatic rings. The van der Waals surface area contributed by atoms with Crippen LogP contribution in [0.1, 0.15) is 28.8 Å². The highest BCUT2D eigenvalue weighted by Crippen LogP contribution is 2.17. The van der Waals surface area contributed by atoms with Crippen molar-refractivity contribution in [1.82, 2.24) is 5.32 Å². The highest BCUT2D eigenvalue weighted by atomic mass is 16.5. The Labute approximate surface area is 107 Å². The molecule has 4 N–H and O–H groups in total. The predicted molar refractivity (Wildman–Crippen MR) is 70.3 cm³/mol. The summed E-state index contributed by atoms with van der Waals surface area (Å²) in [6, 6.07) is 5.63.